The number of nitrogens with zero attached hydrogens (tertiary/aromatic N) is 6. The highest BCUT2D eigenvalue weighted by atomic mass is 35.5. The van der Waals surface area contributed by atoms with Gasteiger partial charge >= 0.3 is 5.76 Å². The monoisotopic (exact) mass is 579 g/mol. The molecule has 2 saturated carbocycles. The number of fused-ring (bicyclic) bond motifs is 2. The van der Waals surface area contributed by atoms with Crippen LogP contribution in [0.25, 0.3) is 33.8 Å². The fourth-order valence-electron chi connectivity index (χ4n) is 6.89. The first-order chi connectivity index (χ1) is 20.0. The number of rotatable bonds is 6. The molecule has 1 aliphatic heterocycles. The fourth-order valence-corrected chi connectivity index (χ4v) is 7.05. The first kappa shape index (κ1) is 26.5. The molecular weight excluding hydrogens is 546 g/mol. The quantitative estimate of drug-likeness (QED) is 0.333. The van der Waals surface area contributed by atoms with Gasteiger partial charge < -0.3 is 18.9 Å². The molecule has 11 nitrogen and oxygen atoms in total. The number of anilines is 1. The van der Waals surface area contributed by atoms with Crippen LogP contribution in [0.4, 0.5) is 5.95 Å². The fraction of sp³-hybridized carbons (Fsp3) is 0.552. The van der Waals surface area contributed by atoms with Gasteiger partial charge in [-0.2, -0.15) is 0 Å². The summed E-state index contributed by atoms with van der Waals surface area (Å²) < 4.78 is 19.0. The molecule has 0 spiro atoms. The van der Waals surface area contributed by atoms with Crippen molar-refractivity contribution >= 4 is 28.6 Å². The molecule has 3 aliphatic rings. The Labute approximate surface area is 242 Å². The summed E-state index contributed by atoms with van der Waals surface area (Å²) in [7, 11) is 1.58. The molecule has 4 aromatic heterocycles. The Balaban J connectivity index is 1.47. The highest BCUT2D eigenvalue weighted by Crippen LogP contribution is 2.41. The van der Waals surface area contributed by atoms with Gasteiger partial charge in [-0.1, -0.05) is 36.5 Å². The summed E-state index contributed by atoms with van der Waals surface area (Å²) in [4.78, 5) is 31.7. The van der Waals surface area contributed by atoms with Crippen LogP contribution < -0.4 is 15.4 Å². The first-order valence-corrected chi connectivity index (χ1v) is 14.9. The van der Waals surface area contributed by atoms with Crippen LogP contribution in [0.2, 0.25) is 5.02 Å². The second-order valence-electron chi connectivity index (χ2n) is 11.6. The summed E-state index contributed by atoms with van der Waals surface area (Å²) in [6.45, 7) is 4.63. The summed E-state index contributed by atoms with van der Waals surface area (Å²) in [6, 6.07) is 3.97. The van der Waals surface area contributed by atoms with Gasteiger partial charge in [0.25, 0.3) is 0 Å². The standard InChI is InChI=1S/C29H34ClN7O4/c1-16-6-8-17(9-7-16)15-37-25-20(33-28(37)36-10-11-40-23-5-3-4-22(23)36)13-21(26-34-29(38)41-35-26)32-24(25)19-12-18(30)14-31-27(19)39-2/h12-14,16-17,22-23H,3-11,15H2,1-2H3,(H,34,35,38)/t16?,17?,22-,23-/m0/s1. The van der Waals surface area contributed by atoms with E-state index in [1.165, 1.54) is 25.7 Å². The SMILES string of the molecule is COc1ncc(Cl)cc1-c1nc(-c2noc(=O)[nH]2)cc2nc(N3CCO[C@H]4CCC[C@@H]43)n(CC3CCC(C)CC3)c12. The van der Waals surface area contributed by atoms with Crippen LogP contribution in [-0.4, -0.2) is 62.1 Å². The van der Waals surface area contributed by atoms with Gasteiger partial charge in [0.15, 0.2) is 0 Å². The average molecular weight is 580 g/mol. The first-order valence-electron chi connectivity index (χ1n) is 14.5. The van der Waals surface area contributed by atoms with E-state index in [4.69, 9.17) is 35.6 Å². The van der Waals surface area contributed by atoms with Crippen LogP contribution >= 0.6 is 11.6 Å². The number of pyridine rings is 2. The molecule has 216 valence electrons. The minimum absolute atomic E-state index is 0.220. The molecule has 12 heteroatoms. The van der Waals surface area contributed by atoms with Crippen LogP contribution in [0, 0.1) is 11.8 Å². The van der Waals surface area contributed by atoms with Crippen molar-refractivity contribution in [2.45, 2.75) is 70.6 Å². The van der Waals surface area contributed by atoms with Crippen molar-refractivity contribution in [3.63, 3.8) is 0 Å². The molecule has 4 aromatic rings. The zero-order chi connectivity index (χ0) is 28.1. The van der Waals surface area contributed by atoms with Gasteiger partial charge in [-0.15, -0.1) is 0 Å². The van der Waals surface area contributed by atoms with E-state index in [1.54, 1.807) is 13.3 Å². The minimum atomic E-state index is -0.649. The molecule has 0 bridgehead atoms. The number of hydrogen-bond acceptors (Lipinski definition) is 9. The molecular formula is C29H34ClN7O4. The van der Waals surface area contributed by atoms with Gasteiger partial charge in [0.2, 0.25) is 17.7 Å². The Bertz CT molecular complexity index is 1620. The molecule has 41 heavy (non-hydrogen) atoms. The maximum atomic E-state index is 11.8. The number of aromatic nitrogens is 6. The molecule has 0 aromatic carbocycles. The molecule has 0 radical (unpaired) electrons. The highest BCUT2D eigenvalue weighted by Gasteiger charge is 2.39. The van der Waals surface area contributed by atoms with E-state index >= 15 is 0 Å². The second-order valence-corrected chi connectivity index (χ2v) is 12.1. The maximum Gasteiger partial charge on any atom is 0.439 e. The van der Waals surface area contributed by atoms with E-state index in [2.05, 4.69) is 31.5 Å². The maximum absolute atomic E-state index is 11.8. The van der Waals surface area contributed by atoms with Crippen LogP contribution in [0.15, 0.2) is 27.6 Å². The predicted molar refractivity (Wildman–Crippen MR) is 154 cm³/mol. The summed E-state index contributed by atoms with van der Waals surface area (Å²) in [5.41, 5.74) is 3.33. The molecule has 5 heterocycles. The largest absolute Gasteiger partial charge is 0.481 e. The lowest BCUT2D eigenvalue weighted by Crippen LogP contribution is -2.49. The van der Waals surface area contributed by atoms with E-state index in [0.717, 1.165) is 55.3 Å². The van der Waals surface area contributed by atoms with Gasteiger partial charge in [0.05, 0.1) is 47.5 Å². The molecule has 7 rings (SSSR count). The minimum Gasteiger partial charge on any atom is -0.481 e. The number of halogens is 1. The third-order valence-electron chi connectivity index (χ3n) is 8.97. The number of ether oxygens (including phenoxy) is 2. The van der Waals surface area contributed by atoms with Gasteiger partial charge in [0, 0.05) is 19.3 Å². The Morgan fingerprint density at radius 3 is 2.78 bits per heavy atom. The van der Waals surface area contributed by atoms with Crippen molar-refractivity contribution in [2.24, 2.45) is 11.8 Å². The second kappa shape index (κ2) is 10.8. The van der Waals surface area contributed by atoms with Crippen molar-refractivity contribution in [1.29, 1.82) is 0 Å². The number of nitrogens with one attached hydrogen (secondary N) is 1. The number of methoxy groups -OCH3 is 1. The van der Waals surface area contributed by atoms with Crippen molar-refractivity contribution in [2.75, 3.05) is 25.2 Å². The Hall–Kier alpha value is -3.44. The van der Waals surface area contributed by atoms with E-state index < -0.39 is 5.76 Å². The van der Waals surface area contributed by atoms with E-state index in [0.29, 0.717) is 40.4 Å². The van der Waals surface area contributed by atoms with Crippen molar-refractivity contribution < 1.29 is 14.0 Å². The van der Waals surface area contributed by atoms with E-state index in [9.17, 15) is 4.79 Å². The third-order valence-corrected chi connectivity index (χ3v) is 9.18. The Morgan fingerprint density at radius 2 is 2.00 bits per heavy atom. The molecule has 1 saturated heterocycles. The average Bonchev–Trinajstić information content (AvgIpc) is 3.72. The summed E-state index contributed by atoms with van der Waals surface area (Å²) in [6.07, 6.45) is 9.90. The number of hydrogen-bond donors (Lipinski definition) is 1. The number of aromatic amines is 1. The molecule has 3 fully saturated rings. The third kappa shape index (κ3) is 4.88. The molecule has 0 unspecified atom stereocenters. The zero-order valence-corrected chi connectivity index (χ0v) is 24.1. The van der Waals surface area contributed by atoms with Gasteiger partial charge in [0.1, 0.15) is 11.4 Å². The molecule has 1 N–H and O–H groups in total. The van der Waals surface area contributed by atoms with Crippen molar-refractivity contribution in [1.82, 2.24) is 29.7 Å². The summed E-state index contributed by atoms with van der Waals surface area (Å²) >= 11 is 6.47. The van der Waals surface area contributed by atoms with Gasteiger partial charge in [-0.05, 0) is 56.1 Å². The lowest BCUT2D eigenvalue weighted by atomic mass is 9.83. The molecule has 0 amide bonds. The van der Waals surface area contributed by atoms with E-state index in [1.807, 2.05) is 12.1 Å². The Morgan fingerprint density at radius 1 is 1.15 bits per heavy atom. The Kier molecular flexibility index (Phi) is 6.94. The normalized spacial score (nSPS) is 24.6. The lowest BCUT2D eigenvalue weighted by Gasteiger charge is -2.39. The summed E-state index contributed by atoms with van der Waals surface area (Å²) in [5, 5.41) is 4.37. The molecule has 2 aliphatic carbocycles. The van der Waals surface area contributed by atoms with Crippen molar-refractivity contribution in [3.8, 4) is 28.7 Å². The summed E-state index contributed by atoms with van der Waals surface area (Å²) in [5.74, 6) is 2.20. The van der Waals surface area contributed by atoms with Crippen LogP contribution in [0.3, 0.4) is 0 Å². The molecule has 2 atom stereocenters. The number of imidazole rings is 1. The van der Waals surface area contributed by atoms with Crippen LogP contribution in [0.5, 0.6) is 5.88 Å². The zero-order valence-electron chi connectivity index (χ0n) is 23.3. The van der Waals surface area contributed by atoms with Gasteiger partial charge in [-0.25, -0.2) is 19.7 Å². The van der Waals surface area contributed by atoms with Crippen LogP contribution in [-0.2, 0) is 11.3 Å². The number of morpholine rings is 1. The smallest absolute Gasteiger partial charge is 0.439 e. The van der Waals surface area contributed by atoms with Crippen LogP contribution in [0.1, 0.15) is 51.9 Å². The highest BCUT2D eigenvalue weighted by molar-refractivity contribution is 6.30. The van der Waals surface area contributed by atoms with Gasteiger partial charge in [-0.3, -0.25) is 9.51 Å². The van der Waals surface area contributed by atoms with E-state index in [-0.39, 0.29) is 18.0 Å². The lowest BCUT2D eigenvalue weighted by molar-refractivity contribution is 0.0247. The predicted octanol–water partition coefficient (Wildman–Crippen LogP) is 5.08. The topological polar surface area (TPSA) is 124 Å². The number of H-pyrrole nitrogens is 1. The van der Waals surface area contributed by atoms with Crippen molar-refractivity contribution in [3.05, 3.63) is 33.9 Å².